The second-order valence-electron chi connectivity index (χ2n) is 5.17. The maximum Gasteiger partial charge on any atom is 0.231 e. The van der Waals surface area contributed by atoms with Crippen molar-refractivity contribution in [2.45, 2.75) is 32.1 Å². The van der Waals surface area contributed by atoms with Crippen molar-refractivity contribution in [1.82, 2.24) is 15.0 Å². The van der Waals surface area contributed by atoms with E-state index in [0.29, 0.717) is 17.8 Å². The number of aromatic nitrogens is 3. The lowest BCUT2D eigenvalue weighted by molar-refractivity contribution is 0.754. The molecule has 1 aromatic heterocycles. The first-order chi connectivity index (χ1) is 8.81. The first-order valence-corrected chi connectivity index (χ1v) is 6.81. The third-order valence-corrected chi connectivity index (χ3v) is 3.56. The molecular weight excluding hydrogens is 228 g/mol. The standard InChI is InChI=1S/C12H20N6/c13-10-15-11(14-6-5-9-3-4-9)17-12(16-10)18-7-1-2-8-18/h9H,1-8H2,(H3,13,14,15,16,17). The minimum Gasteiger partial charge on any atom is -0.368 e. The molecule has 1 saturated heterocycles. The van der Waals surface area contributed by atoms with E-state index >= 15 is 0 Å². The van der Waals surface area contributed by atoms with Gasteiger partial charge in [0.05, 0.1) is 0 Å². The molecule has 0 bridgehead atoms. The van der Waals surface area contributed by atoms with Crippen LogP contribution in [0, 0.1) is 5.92 Å². The van der Waals surface area contributed by atoms with E-state index in [1.54, 1.807) is 0 Å². The Bertz CT molecular complexity index is 411. The molecule has 2 fully saturated rings. The zero-order chi connectivity index (χ0) is 12.4. The van der Waals surface area contributed by atoms with Gasteiger partial charge in [0.25, 0.3) is 0 Å². The van der Waals surface area contributed by atoms with E-state index in [1.165, 1.54) is 32.1 Å². The number of nitrogen functional groups attached to an aromatic ring is 1. The van der Waals surface area contributed by atoms with Gasteiger partial charge in [-0.3, -0.25) is 0 Å². The Labute approximate surface area is 107 Å². The van der Waals surface area contributed by atoms with Gasteiger partial charge >= 0.3 is 0 Å². The van der Waals surface area contributed by atoms with E-state index in [1.807, 2.05) is 0 Å². The Morgan fingerprint density at radius 3 is 2.67 bits per heavy atom. The van der Waals surface area contributed by atoms with Crippen LogP contribution in [0.4, 0.5) is 17.8 Å². The second-order valence-corrected chi connectivity index (χ2v) is 5.17. The molecule has 18 heavy (non-hydrogen) atoms. The Kier molecular flexibility index (Phi) is 3.17. The maximum absolute atomic E-state index is 5.74. The molecule has 3 N–H and O–H groups in total. The van der Waals surface area contributed by atoms with Crippen LogP contribution in [0.3, 0.4) is 0 Å². The molecule has 6 nitrogen and oxygen atoms in total. The summed E-state index contributed by atoms with van der Waals surface area (Å²) in [6.07, 6.45) is 6.36. The number of nitrogens with two attached hydrogens (primary N) is 1. The molecule has 1 saturated carbocycles. The molecule has 0 amide bonds. The van der Waals surface area contributed by atoms with Gasteiger partial charge in [0.2, 0.25) is 17.8 Å². The molecule has 2 aliphatic rings. The highest BCUT2D eigenvalue weighted by molar-refractivity contribution is 5.42. The van der Waals surface area contributed by atoms with Gasteiger partial charge in [-0.25, -0.2) is 0 Å². The smallest absolute Gasteiger partial charge is 0.231 e. The van der Waals surface area contributed by atoms with Gasteiger partial charge in [0.15, 0.2) is 0 Å². The summed E-state index contributed by atoms with van der Waals surface area (Å²) in [5.41, 5.74) is 5.74. The molecule has 2 heterocycles. The van der Waals surface area contributed by atoms with Crippen molar-refractivity contribution >= 4 is 17.8 Å². The van der Waals surface area contributed by atoms with Crippen molar-refractivity contribution in [3.05, 3.63) is 0 Å². The molecule has 3 rings (SSSR count). The zero-order valence-corrected chi connectivity index (χ0v) is 10.6. The fourth-order valence-electron chi connectivity index (χ4n) is 2.31. The number of rotatable bonds is 5. The molecular formula is C12H20N6. The molecule has 98 valence electrons. The fraction of sp³-hybridized carbons (Fsp3) is 0.750. The molecule has 0 aromatic carbocycles. The van der Waals surface area contributed by atoms with Gasteiger partial charge < -0.3 is 16.0 Å². The van der Waals surface area contributed by atoms with E-state index in [0.717, 1.165) is 25.6 Å². The normalized spacial score (nSPS) is 19.2. The number of nitrogens with zero attached hydrogens (tertiary/aromatic N) is 4. The van der Waals surface area contributed by atoms with Crippen molar-refractivity contribution in [1.29, 1.82) is 0 Å². The Morgan fingerprint density at radius 1 is 1.17 bits per heavy atom. The van der Waals surface area contributed by atoms with Crippen LogP contribution in [0.15, 0.2) is 0 Å². The van der Waals surface area contributed by atoms with E-state index in [2.05, 4.69) is 25.2 Å². The molecule has 0 atom stereocenters. The zero-order valence-electron chi connectivity index (χ0n) is 10.6. The van der Waals surface area contributed by atoms with Crippen LogP contribution in [0.5, 0.6) is 0 Å². The maximum atomic E-state index is 5.74. The summed E-state index contributed by atoms with van der Waals surface area (Å²) < 4.78 is 0. The van der Waals surface area contributed by atoms with Gasteiger partial charge in [-0.2, -0.15) is 15.0 Å². The first-order valence-electron chi connectivity index (χ1n) is 6.81. The highest BCUT2D eigenvalue weighted by atomic mass is 15.3. The lowest BCUT2D eigenvalue weighted by atomic mass is 10.3. The topological polar surface area (TPSA) is 80.0 Å². The van der Waals surface area contributed by atoms with Crippen LogP contribution in [-0.2, 0) is 0 Å². The van der Waals surface area contributed by atoms with Crippen molar-refractivity contribution in [2.75, 3.05) is 35.6 Å². The summed E-state index contributed by atoms with van der Waals surface area (Å²) in [6.45, 7) is 2.96. The monoisotopic (exact) mass is 248 g/mol. The lowest BCUT2D eigenvalue weighted by Crippen LogP contribution is -2.22. The molecule has 0 unspecified atom stereocenters. The van der Waals surface area contributed by atoms with Gasteiger partial charge in [-0.15, -0.1) is 0 Å². The van der Waals surface area contributed by atoms with Crippen LogP contribution >= 0.6 is 0 Å². The van der Waals surface area contributed by atoms with E-state index in [4.69, 9.17) is 5.73 Å². The van der Waals surface area contributed by atoms with E-state index in [-0.39, 0.29) is 0 Å². The average Bonchev–Trinajstić information content (AvgIpc) is 3.01. The molecule has 6 heteroatoms. The summed E-state index contributed by atoms with van der Waals surface area (Å²) in [5, 5.41) is 3.25. The van der Waals surface area contributed by atoms with Gasteiger partial charge in [-0.1, -0.05) is 12.8 Å². The van der Waals surface area contributed by atoms with Crippen molar-refractivity contribution in [3.63, 3.8) is 0 Å². The van der Waals surface area contributed by atoms with E-state index < -0.39 is 0 Å². The van der Waals surface area contributed by atoms with Crippen LogP contribution in [-0.4, -0.2) is 34.6 Å². The lowest BCUT2D eigenvalue weighted by Gasteiger charge is -2.15. The average molecular weight is 248 g/mol. The summed E-state index contributed by atoms with van der Waals surface area (Å²) in [4.78, 5) is 15.0. The molecule has 1 aliphatic carbocycles. The van der Waals surface area contributed by atoms with Crippen molar-refractivity contribution < 1.29 is 0 Å². The molecule has 0 spiro atoms. The Hall–Kier alpha value is -1.59. The third kappa shape index (κ3) is 2.80. The van der Waals surface area contributed by atoms with Crippen LogP contribution in [0.25, 0.3) is 0 Å². The Morgan fingerprint density at radius 2 is 1.94 bits per heavy atom. The largest absolute Gasteiger partial charge is 0.368 e. The SMILES string of the molecule is Nc1nc(NCCC2CC2)nc(N2CCCC2)n1. The van der Waals surface area contributed by atoms with Crippen LogP contribution < -0.4 is 16.0 Å². The molecule has 1 aliphatic heterocycles. The predicted octanol–water partition coefficient (Wildman–Crippen LogP) is 1.27. The molecule has 0 radical (unpaired) electrons. The first kappa shape index (κ1) is 11.5. The highest BCUT2D eigenvalue weighted by Gasteiger charge is 2.21. The van der Waals surface area contributed by atoms with Gasteiger partial charge in [0, 0.05) is 19.6 Å². The quantitative estimate of drug-likeness (QED) is 0.816. The van der Waals surface area contributed by atoms with E-state index in [9.17, 15) is 0 Å². The number of hydrogen-bond acceptors (Lipinski definition) is 6. The van der Waals surface area contributed by atoms with Crippen LogP contribution in [0.2, 0.25) is 0 Å². The molecule has 1 aromatic rings. The minimum absolute atomic E-state index is 0.306. The summed E-state index contributed by atoms with van der Waals surface area (Å²) in [5.74, 6) is 2.55. The fourth-order valence-corrected chi connectivity index (χ4v) is 2.31. The summed E-state index contributed by atoms with van der Waals surface area (Å²) in [7, 11) is 0. The van der Waals surface area contributed by atoms with Crippen LogP contribution in [0.1, 0.15) is 32.1 Å². The second kappa shape index (κ2) is 4.96. The predicted molar refractivity (Wildman–Crippen MR) is 71.5 cm³/mol. The van der Waals surface area contributed by atoms with Gasteiger partial charge in [0.1, 0.15) is 0 Å². The third-order valence-electron chi connectivity index (χ3n) is 3.56. The Balaban J connectivity index is 1.64. The van der Waals surface area contributed by atoms with Crippen molar-refractivity contribution in [3.8, 4) is 0 Å². The number of hydrogen-bond donors (Lipinski definition) is 2. The van der Waals surface area contributed by atoms with Crippen molar-refractivity contribution in [2.24, 2.45) is 5.92 Å². The number of anilines is 3. The van der Waals surface area contributed by atoms with Gasteiger partial charge in [-0.05, 0) is 25.2 Å². The summed E-state index contributed by atoms with van der Waals surface area (Å²) in [6, 6.07) is 0. The summed E-state index contributed by atoms with van der Waals surface area (Å²) >= 11 is 0. The highest BCUT2D eigenvalue weighted by Crippen LogP contribution is 2.32. The minimum atomic E-state index is 0.306. The number of nitrogens with one attached hydrogen (secondary N) is 1.